The lowest BCUT2D eigenvalue weighted by molar-refractivity contribution is -0.141. The number of hydrogen-bond donors (Lipinski definition) is 15. The molecule has 1 heterocycles. The first kappa shape index (κ1) is 70.1. The number of nitrogens with one attached hydrogen (secondary N) is 9. The van der Waals surface area contributed by atoms with Crippen molar-refractivity contribution in [2.45, 2.75) is 62.3 Å². The molecular formula is C59H79N15O15. The van der Waals surface area contributed by atoms with Crippen LogP contribution >= 0.6 is 0 Å². The normalized spacial score (nSPS) is 17.5. The van der Waals surface area contributed by atoms with Gasteiger partial charge in [-0.25, -0.2) is 0 Å². The van der Waals surface area contributed by atoms with E-state index in [2.05, 4.69) is 52.8 Å². The third kappa shape index (κ3) is 24.6. The van der Waals surface area contributed by atoms with Gasteiger partial charge in [0, 0.05) is 76.5 Å². The number of aldehydes is 1. The minimum atomic E-state index is -1.99. The number of carbonyl (C=O) groups excluding carboxylic acids is 8. The molecule has 1 saturated heterocycles. The number of carboxylic acids is 3. The minimum Gasteiger partial charge on any atom is -0.508 e. The summed E-state index contributed by atoms with van der Waals surface area (Å²) in [5, 5.41) is 63.5. The number of fused-ring (bicyclic) bond motifs is 1. The van der Waals surface area contributed by atoms with Crippen LogP contribution in [0.25, 0.3) is 10.8 Å². The number of aliphatic carboxylic acids is 3. The molecule has 17 N–H and O–H groups in total. The van der Waals surface area contributed by atoms with Crippen LogP contribution in [0.1, 0.15) is 47.2 Å². The van der Waals surface area contributed by atoms with Crippen molar-refractivity contribution in [2.75, 3.05) is 104 Å². The molecule has 0 unspecified atom stereocenters. The van der Waals surface area contributed by atoms with E-state index in [1.165, 1.54) is 60.5 Å². The van der Waals surface area contributed by atoms with Crippen molar-refractivity contribution in [3.63, 3.8) is 0 Å². The first-order valence-corrected chi connectivity index (χ1v) is 28.7. The van der Waals surface area contributed by atoms with Gasteiger partial charge < -0.3 is 79.7 Å². The maximum atomic E-state index is 14.9. The molecule has 89 heavy (non-hydrogen) atoms. The molecule has 4 aromatic carbocycles. The second-order valence-electron chi connectivity index (χ2n) is 21.1. The molecule has 1 aliphatic heterocycles. The zero-order chi connectivity index (χ0) is 64.9. The maximum absolute atomic E-state index is 14.9. The van der Waals surface area contributed by atoms with Crippen molar-refractivity contribution < 1.29 is 73.2 Å². The number of carboxylic acid groups (broad SMARTS) is 3. The van der Waals surface area contributed by atoms with Gasteiger partial charge in [0.25, 0.3) is 5.91 Å². The highest BCUT2D eigenvalue weighted by atomic mass is 16.4. The standard InChI is InChI=1S/C59H79N15O15/c1-72-47(9-5-20-64-54(86)41-14-16-43(17-15-41)68-48(77)31-66-50(79)35-73(24-22-62-33-51(80)81)26-27-74(36-53(84)85)25-23-63-34-52(82)83)57(89)69-45(8-4-21-65-58(60)61)56(88)70-46(29-39-10-13-40-6-2-3-7-42(40)28-39)55(87)67-32-49(78)71-59(72,37-75)30-38-11-18-44(76)19-12-38/h2-3,6-7,10-19,28,37,45-47,62-63,76H,4-5,8-9,20-27,29-36H2,1H3,(H,64,86)(H,66,79)(H,67,87)(H,68,77)(H,69,89)(H,70,88)(H,71,78)(H,80,81)(H,82,83)(H,84,85)(H4,60,61,65)/t45-,46-,47+,59+/m0/s1. The quantitative estimate of drug-likeness (QED) is 0.00965. The molecule has 4 aromatic rings. The number of carbonyl (C=O) groups is 11. The molecule has 1 aliphatic rings. The lowest BCUT2D eigenvalue weighted by Gasteiger charge is -2.42. The van der Waals surface area contributed by atoms with E-state index in [9.17, 15) is 63.0 Å². The number of aliphatic imine (C=N–C) groups is 1. The van der Waals surface area contributed by atoms with Gasteiger partial charge in [-0.15, -0.1) is 0 Å². The lowest BCUT2D eigenvalue weighted by atomic mass is 9.95. The molecule has 30 nitrogen and oxygen atoms in total. The number of guanidine groups is 1. The summed E-state index contributed by atoms with van der Waals surface area (Å²) in [5.74, 6) is -8.32. The van der Waals surface area contributed by atoms with E-state index in [1.54, 1.807) is 9.80 Å². The first-order chi connectivity index (χ1) is 42.5. The third-order valence-corrected chi connectivity index (χ3v) is 14.3. The molecule has 0 aliphatic carbocycles. The van der Waals surface area contributed by atoms with Crippen LogP contribution in [0.5, 0.6) is 5.75 Å². The average molecular weight is 1240 g/mol. The Balaban J connectivity index is 1.26. The number of nitrogens with two attached hydrogens (primary N) is 2. The Hall–Kier alpha value is -9.62. The molecule has 0 bridgehead atoms. The SMILES string of the molecule is CN1[C@H](CCCNC(=O)c2ccc(NC(=O)CNC(=O)CN(CCNCC(=O)O)CCN(CCNCC(=O)O)CC(=O)O)cc2)C(=O)N[C@@H](CCCN=C(N)N)C(=O)N[C@@H](Cc2ccc3ccccc3c2)C(=O)NCC(=O)N[C@]1(C=O)Cc1ccc(O)cc1. The Labute approximate surface area is 512 Å². The predicted octanol–water partition coefficient (Wildman–Crippen LogP) is -2.90. The summed E-state index contributed by atoms with van der Waals surface area (Å²) < 4.78 is 0. The number of rotatable bonds is 34. The molecular weight excluding hydrogens is 1160 g/mol. The number of nitrogens with zero attached hydrogens (tertiary/aromatic N) is 4. The van der Waals surface area contributed by atoms with E-state index in [0.29, 0.717) is 17.4 Å². The molecule has 30 heteroatoms. The van der Waals surface area contributed by atoms with Gasteiger partial charge in [-0.3, -0.25) is 72.4 Å². The lowest BCUT2D eigenvalue weighted by Crippen LogP contribution is -2.68. The minimum absolute atomic E-state index is 0.00937. The van der Waals surface area contributed by atoms with Gasteiger partial charge in [0.05, 0.1) is 45.3 Å². The summed E-state index contributed by atoms with van der Waals surface area (Å²) in [5.41, 5.74) is 10.8. The van der Waals surface area contributed by atoms with Crippen molar-refractivity contribution in [1.82, 2.24) is 57.2 Å². The van der Waals surface area contributed by atoms with Crippen LogP contribution in [0, 0.1) is 0 Å². The summed E-state index contributed by atoms with van der Waals surface area (Å²) in [4.78, 5) is 152. The van der Waals surface area contributed by atoms with Crippen molar-refractivity contribution in [2.24, 2.45) is 16.5 Å². The number of amides is 7. The number of anilines is 1. The Bertz CT molecular complexity index is 3130. The second-order valence-corrected chi connectivity index (χ2v) is 21.1. The van der Waals surface area contributed by atoms with E-state index in [4.69, 9.17) is 21.7 Å². The summed E-state index contributed by atoms with van der Waals surface area (Å²) >= 11 is 0. The van der Waals surface area contributed by atoms with Gasteiger partial charge >= 0.3 is 17.9 Å². The van der Waals surface area contributed by atoms with Crippen molar-refractivity contribution >= 4 is 88.0 Å². The number of benzene rings is 4. The molecule has 0 radical (unpaired) electrons. The summed E-state index contributed by atoms with van der Waals surface area (Å²) in [6.07, 6.45) is 0.425. The molecule has 7 amide bonds. The smallest absolute Gasteiger partial charge is 0.317 e. The van der Waals surface area contributed by atoms with E-state index in [0.717, 1.165) is 10.8 Å². The fraction of sp³-hybridized carbons (Fsp3) is 0.424. The van der Waals surface area contributed by atoms with Crippen LogP contribution < -0.4 is 59.3 Å². The molecule has 0 saturated carbocycles. The van der Waals surface area contributed by atoms with Crippen molar-refractivity contribution in [1.29, 1.82) is 0 Å². The van der Waals surface area contributed by atoms with Crippen LogP contribution in [0.2, 0.25) is 0 Å². The summed E-state index contributed by atoms with van der Waals surface area (Å²) in [6.45, 7) is -1.31. The molecule has 0 aromatic heterocycles. The number of likely N-dealkylation sites (N-methyl/N-ethyl adjacent to an activating group) is 1. The highest BCUT2D eigenvalue weighted by Crippen LogP contribution is 2.24. The van der Waals surface area contributed by atoms with E-state index >= 15 is 0 Å². The molecule has 0 spiro atoms. The molecule has 4 atom stereocenters. The van der Waals surface area contributed by atoms with Crippen LogP contribution in [-0.2, 0) is 60.8 Å². The highest BCUT2D eigenvalue weighted by molar-refractivity contribution is 5.98. The van der Waals surface area contributed by atoms with E-state index in [-0.39, 0.29) is 140 Å². The zero-order valence-corrected chi connectivity index (χ0v) is 49.3. The number of phenols is 1. The summed E-state index contributed by atoms with van der Waals surface area (Å²) in [7, 11) is 1.43. The van der Waals surface area contributed by atoms with Gasteiger partial charge in [0.1, 0.15) is 17.8 Å². The fourth-order valence-corrected chi connectivity index (χ4v) is 9.64. The predicted molar refractivity (Wildman–Crippen MR) is 326 cm³/mol. The molecule has 480 valence electrons. The zero-order valence-electron chi connectivity index (χ0n) is 49.3. The van der Waals surface area contributed by atoms with Gasteiger partial charge in [0.2, 0.25) is 35.4 Å². The van der Waals surface area contributed by atoms with E-state index in [1.807, 2.05) is 42.5 Å². The largest absolute Gasteiger partial charge is 0.508 e. The highest BCUT2D eigenvalue weighted by Gasteiger charge is 2.43. The van der Waals surface area contributed by atoms with Crippen LogP contribution in [0.15, 0.2) is 96.0 Å². The van der Waals surface area contributed by atoms with Gasteiger partial charge in [-0.1, -0.05) is 54.6 Å². The first-order valence-electron chi connectivity index (χ1n) is 28.7. The third-order valence-electron chi connectivity index (χ3n) is 14.3. The Morgan fingerprint density at radius 1 is 0.685 bits per heavy atom. The molecule has 1 fully saturated rings. The van der Waals surface area contributed by atoms with Crippen LogP contribution in [0.3, 0.4) is 0 Å². The van der Waals surface area contributed by atoms with Crippen LogP contribution in [-0.4, -0.2) is 229 Å². The topological polar surface area (TPSA) is 451 Å². The van der Waals surface area contributed by atoms with Crippen molar-refractivity contribution in [3.8, 4) is 5.75 Å². The number of phenolic OH excluding ortho intramolecular Hbond substituents is 1. The number of hydrogen-bond acceptors (Lipinski definition) is 18. The Kier molecular flexibility index (Phi) is 28.3. The summed E-state index contributed by atoms with van der Waals surface area (Å²) in [6, 6.07) is 20.9. The Morgan fingerprint density at radius 2 is 1.31 bits per heavy atom. The average Bonchev–Trinajstić information content (AvgIpc) is 1.62. The van der Waals surface area contributed by atoms with Crippen LogP contribution in [0.4, 0.5) is 5.69 Å². The number of aromatic hydroxyl groups is 1. The Morgan fingerprint density at radius 3 is 1.94 bits per heavy atom. The maximum Gasteiger partial charge on any atom is 0.317 e. The monoisotopic (exact) mass is 1240 g/mol. The van der Waals surface area contributed by atoms with Gasteiger partial charge in [0.15, 0.2) is 17.9 Å². The second kappa shape index (κ2) is 35.9. The fourth-order valence-electron chi connectivity index (χ4n) is 9.64. The van der Waals surface area contributed by atoms with Crippen molar-refractivity contribution in [3.05, 3.63) is 108 Å². The van der Waals surface area contributed by atoms with Gasteiger partial charge in [-0.05, 0) is 91.0 Å². The van der Waals surface area contributed by atoms with E-state index < -0.39 is 96.1 Å². The van der Waals surface area contributed by atoms with Gasteiger partial charge in [-0.2, -0.15) is 0 Å². The molecule has 5 rings (SSSR count).